The van der Waals surface area contributed by atoms with Crippen LogP contribution in [0.1, 0.15) is 5.56 Å². The molecule has 0 saturated carbocycles. The average molecular weight is 589 g/mol. The molecular formula is C43H28N2O. The predicted molar refractivity (Wildman–Crippen MR) is 193 cm³/mol. The lowest BCUT2D eigenvalue weighted by molar-refractivity contribution is 0.669. The molecule has 0 saturated heterocycles. The van der Waals surface area contributed by atoms with E-state index in [9.17, 15) is 0 Å². The SMILES string of the molecule is Cc1ccc2oc3ccc(-n4c5ccccc5c5ccc(-c6ccc7c(c6)c6ccccc6n7-c6ccccc6)cc54)cc3c2c1. The highest BCUT2D eigenvalue weighted by molar-refractivity contribution is 6.13. The number of benzene rings is 7. The van der Waals surface area contributed by atoms with Crippen LogP contribution in [-0.4, -0.2) is 9.13 Å². The van der Waals surface area contributed by atoms with Crippen molar-refractivity contribution < 1.29 is 4.42 Å². The summed E-state index contributed by atoms with van der Waals surface area (Å²) in [5.74, 6) is 0. The van der Waals surface area contributed by atoms with Crippen molar-refractivity contribution in [1.82, 2.24) is 9.13 Å². The Kier molecular flexibility index (Phi) is 5.20. The summed E-state index contributed by atoms with van der Waals surface area (Å²) in [5.41, 5.74) is 12.6. The van der Waals surface area contributed by atoms with Gasteiger partial charge in [0.1, 0.15) is 11.2 Å². The van der Waals surface area contributed by atoms with Crippen LogP contribution < -0.4 is 0 Å². The molecule has 0 aliphatic heterocycles. The summed E-state index contributed by atoms with van der Waals surface area (Å²) in [6, 6.07) is 54.8. The Hall–Kier alpha value is -6.06. The molecule has 0 N–H and O–H groups in total. The summed E-state index contributed by atoms with van der Waals surface area (Å²) in [6.45, 7) is 2.13. The molecule has 0 bridgehead atoms. The molecule has 46 heavy (non-hydrogen) atoms. The van der Waals surface area contributed by atoms with Crippen LogP contribution in [0.15, 0.2) is 156 Å². The third kappa shape index (κ3) is 3.60. The Labute approximate surface area is 265 Å². The van der Waals surface area contributed by atoms with Crippen LogP contribution in [0.5, 0.6) is 0 Å². The van der Waals surface area contributed by atoms with Gasteiger partial charge >= 0.3 is 0 Å². The second-order valence-electron chi connectivity index (χ2n) is 12.3. The van der Waals surface area contributed by atoms with Crippen LogP contribution in [0.4, 0.5) is 0 Å². The smallest absolute Gasteiger partial charge is 0.135 e. The highest BCUT2D eigenvalue weighted by atomic mass is 16.3. The minimum absolute atomic E-state index is 0.911. The molecule has 0 radical (unpaired) electrons. The second-order valence-corrected chi connectivity index (χ2v) is 12.3. The van der Waals surface area contributed by atoms with Crippen molar-refractivity contribution in [2.45, 2.75) is 6.92 Å². The molecule has 0 spiro atoms. The minimum atomic E-state index is 0.911. The quantitative estimate of drug-likeness (QED) is 0.201. The number of fused-ring (bicyclic) bond motifs is 9. The molecule has 10 aromatic rings. The van der Waals surface area contributed by atoms with Gasteiger partial charge in [-0.1, -0.05) is 84.4 Å². The lowest BCUT2D eigenvalue weighted by Crippen LogP contribution is -1.94. The van der Waals surface area contributed by atoms with E-state index in [0.29, 0.717) is 0 Å². The van der Waals surface area contributed by atoms with E-state index >= 15 is 0 Å². The summed E-state index contributed by atoms with van der Waals surface area (Å²) < 4.78 is 11.0. The lowest BCUT2D eigenvalue weighted by atomic mass is 10.0. The van der Waals surface area contributed by atoms with Gasteiger partial charge in [0, 0.05) is 43.7 Å². The van der Waals surface area contributed by atoms with Gasteiger partial charge in [0.15, 0.2) is 0 Å². The number of hydrogen-bond acceptors (Lipinski definition) is 1. The molecule has 216 valence electrons. The van der Waals surface area contributed by atoms with Crippen molar-refractivity contribution >= 4 is 65.6 Å². The maximum Gasteiger partial charge on any atom is 0.135 e. The number of aromatic nitrogens is 2. The van der Waals surface area contributed by atoms with Crippen molar-refractivity contribution in [2.75, 3.05) is 0 Å². The molecule has 3 heterocycles. The van der Waals surface area contributed by atoms with Crippen molar-refractivity contribution in [3.05, 3.63) is 157 Å². The van der Waals surface area contributed by atoms with Crippen molar-refractivity contribution in [3.63, 3.8) is 0 Å². The molecule has 0 unspecified atom stereocenters. The van der Waals surface area contributed by atoms with E-state index in [2.05, 4.69) is 168 Å². The maximum absolute atomic E-state index is 6.22. The van der Waals surface area contributed by atoms with E-state index in [4.69, 9.17) is 4.42 Å². The highest BCUT2D eigenvalue weighted by Gasteiger charge is 2.17. The zero-order valence-corrected chi connectivity index (χ0v) is 25.2. The Morgan fingerprint density at radius 3 is 1.76 bits per heavy atom. The summed E-state index contributed by atoms with van der Waals surface area (Å²) in [7, 11) is 0. The summed E-state index contributed by atoms with van der Waals surface area (Å²) in [5, 5.41) is 7.30. The van der Waals surface area contributed by atoms with Gasteiger partial charge in [-0.15, -0.1) is 0 Å². The van der Waals surface area contributed by atoms with Crippen LogP contribution in [0.2, 0.25) is 0 Å². The molecule has 0 aliphatic carbocycles. The van der Waals surface area contributed by atoms with Crippen LogP contribution in [-0.2, 0) is 0 Å². The van der Waals surface area contributed by atoms with E-state index in [-0.39, 0.29) is 0 Å². The molecule has 3 nitrogen and oxygen atoms in total. The third-order valence-electron chi connectivity index (χ3n) is 9.56. The molecule has 7 aromatic carbocycles. The van der Waals surface area contributed by atoms with Crippen LogP contribution in [0.25, 0.3) is 88.1 Å². The zero-order chi connectivity index (χ0) is 30.4. The van der Waals surface area contributed by atoms with Gasteiger partial charge in [0.05, 0.1) is 22.1 Å². The maximum atomic E-state index is 6.22. The van der Waals surface area contributed by atoms with Gasteiger partial charge in [-0.2, -0.15) is 0 Å². The number of para-hydroxylation sites is 3. The van der Waals surface area contributed by atoms with Crippen LogP contribution >= 0.6 is 0 Å². The first kappa shape index (κ1) is 25.3. The Bertz CT molecular complexity index is 2810. The fourth-order valence-corrected chi connectivity index (χ4v) is 7.45. The largest absolute Gasteiger partial charge is 0.456 e. The van der Waals surface area contributed by atoms with E-state index in [1.54, 1.807) is 0 Å². The number of furan rings is 1. The molecule has 0 aliphatic rings. The molecule has 10 rings (SSSR count). The van der Waals surface area contributed by atoms with Crippen LogP contribution in [0, 0.1) is 6.92 Å². The standard InChI is InChI=1S/C43H28N2O/c1-27-15-21-42-36(23-27)37-26-31(18-22-43(37)46-42)45-38-13-7-5-11-32(38)34-19-16-29(25-41(34)45)28-17-20-40-35(24-28)33-12-6-8-14-39(33)44(40)30-9-3-2-4-10-30/h2-26H,1H3. The minimum Gasteiger partial charge on any atom is -0.456 e. The zero-order valence-electron chi connectivity index (χ0n) is 25.2. The topological polar surface area (TPSA) is 23.0 Å². The fourth-order valence-electron chi connectivity index (χ4n) is 7.45. The first-order valence-corrected chi connectivity index (χ1v) is 15.8. The first-order valence-electron chi connectivity index (χ1n) is 15.8. The molecule has 0 amide bonds. The number of nitrogens with zero attached hydrogens (tertiary/aromatic N) is 2. The van der Waals surface area contributed by atoms with Gasteiger partial charge in [-0.05, 0) is 90.8 Å². The number of rotatable bonds is 3. The highest BCUT2D eigenvalue weighted by Crippen LogP contribution is 2.39. The van der Waals surface area contributed by atoms with E-state index in [0.717, 1.165) is 27.6 Å². The average Bonchev–Trinajstić information content (AvgIpc) is 3.75. The molecule has 3 aromatic heterocycles. The number of aryl methyl sites for hydroxylation is 1. The van der Waals surface area contributed by atoms with Gasteiger partial charge in [0.2, 0.25) is 0 Å². The number of hydrogen-bond donors (Lipinski definition) is 0. The van der Waals surface area contributed by atoms with Gasteiger partial charge in [0.25, 0.3) is 0 Å². The predicted octanol–water partition coefficient (Wildman–Crippen LogP) is 11.8. The van der Waals surface area contributed by atoms with Gasteiger partial charge in [-0.25, -0.2) is 0 Å². The van der Waals surface area contributed by atoms with E-state index < -0.39 is 0 Å². The summed E-state index contributed by atoms with van der Waals surface area (Å²) >= 11 is 0. The van der Waals surface area contributed by atoms with Crippen LogP contribution in [0.3, 0.4) is 0 Å². The molecule has 3 heteroatoms. The van der Waals surface area contributed by atoms with E-state index in [1.165, 1.54) is 66.0 Å². The Morgan fingerprint density at radius 2 is 0.957 bits per heavy atom. The van der Waals surface area contributed by atoms with E-state index in [1.807, 2.05) is 0 Å². The monoisotopic (exact) mass is 588 g/mol. The van der Waals surface area contributed by atoms with Crippen molar-refractivity contribution in [2.24, 2.45) is 0 Å². The Balaban J connectivity index is 1.20. The fraction of sp³-hybridized carbons (Fsp3) is 0.0233. The van der Waals surface area contributed by atoms with Gasteiger partial charge in [-0.3, -0.25) is 0 Å². The molecular weight excluding hydrogens is 560 g/mol. The summed E-state index contributed by atoms with van der Waals surface area (Å²) in [4.78, 5) is 0. The van der Waals surface area contributed by atoms with Crippen molar-refractivity contribution in [3.8, 4) is 22.5 Å². The Morgan fingerprint density at radius 1 is 0.370 bits per heavy atom. The lowest BCUT2D eigenvalue weighted by Gasteiger charge is -2.10. The third-order valence-corrected chi connectivity index (χ3v) is 9.56. The molecule has 0 atom stereocenters. The van der Waals surface area contributed by atoms with Crippen molar-refractivity contribution in [1.29, 1.82) is 0 Å². The first-order chi connectivity index (χ1) is 22.7. The summed E-state index contributed by atoms with van der Waals surface area (Å²) in [6.07, 6.45) is 0. The van der Waals surface area contributed by atoms with Gasteiger partial charge < -0.3 is 13.6 Å². The second kappa shape index (κ2) is 9.47. The molecule has 0 fully saturated rings. The normalized spacial score (nSPS) is 12.0.